The molecule has 7 heteroatoms. The van der Waals surface area contributed by atoms with E-state index in [9.17, 15) is 15.2 Å². The van der Waals surface area contributed by atoms with E-state index < -0.39 is 4.92 Å². The van der Waals surface area contributed by atoms with Gasteiger partial charge in [-0.05, 0) is 30.1 Å². The first-order chi connectivity index (χ1) is 8.68. The zero-order valence-electron chi connectivity index (χ0n) is 9.74. The number of rotatable bonds is 2. The van der Waals surface area contributed by atoms with Crippen molar-refractivity contribution in [1.82, 2.24) is 0 Å². The smallest absolute Gasteiger partial charge is 0.312 e. The van der Waals surface area contributed by atoms with Crippen molar-refractivity contribution in [2.75, 3.05) is 28.2 Å². The van der Waals surface area contributed by atoms with Gasteiger partial charge in [-0.2, -0.15) is 0 Å². The molecule has 1 heterocycles. The molecule has 1 fully saturated rings. The van der Waals surface area contributed by atoms with Gasteiger partial charge in [-0.15, -0.1) is 23.5 Å². The normalized spacial score (nSPS) is 17.0. The van der Waals surface area contributed by atoms with E-state index in [1.54, 1.807) is 6.07 Å². The molecule has 0 saturated carbocycles. The molecule has 0 amide bonds. The highest BCUT2D eigenvalue weighted by Crippen LogP contribution is 2.32. The fourth-order valence-corrected chi connectivity index (χ4v) is 3.83. The molecule has 0 atom stereocenters. The van der Waals surface area contributed by atoms with Crippen molar-refractivity contribution in [3.8, 4) is 5.75 Å². The van der Waals surface area contributed by atoms with Crippen LogP contribution in [0.15, 0.2) is 18.2 Å². The fraction of sp³-hybridized carbons (Fsp3) is 0.455. The Labute approximate surface area is 114 Å². The second kappa shape index (κ2) is 6.19. The Morgan fingerprint density at radius 2 is 1.94 bits per heavy atom. The summed E-state index contributed by atoms with van der Waals surface area (Å²) in [7, 11) is 0. The van der Waals surface area contributed by atoms with Crippen LogP contribution in [-0.2, 0) is 0 Å². The molecule has 1 saturated heterocycles. The molecule has 0 unspecified atom stereocenters. The molecule has 0 aliphatic carbocycles. The van der Waals surface area contributed by atoms with E-state index in [-0.39, 0.29) is 11.4 Å². The first-order valence-corrected chi connectivity index (χ1v) is 7.87. The maximum absolute atomic E-state index is 10.8. The molecule has 1 aromatic rings. The molecule has 1 N–H and O–H groups in total. The zero-order chi connectivity index (χ0) is 13.0. The lowest BCUT2D eigenvalue weighted by Crippen LogP contribution is -2.24. The van der Waals surface area contributed by atoms with Crippen LogP contribution in [0.4, 0.5) is 11.4 Å². The van der Waals surface area contributed by atoms with Crippen molar-refractivity contribution >= 4 is 34.9 Å². The Kier molecular flexibility index (Phi) is 4.60. The lowest BCUT2D eigenvalue weighted by Gasteiger charge is -2.25. The molecule has 98 valence electrons. The van der Waals surface area contributed by atoms with Crippen molar-refractivity contribution < 1.29 is 10.0 Å². The average Bonchev–Trinajstić information content (AvgIpc) is 2.29. The van der Waals surface area contributed by atoms with E-state index in [1.165, 1.54) is 18.6 Å². The number of hydrogen-bond acceptors (Lipinski definition) is 6. The monoisotopic (exact) mass is 286 g/mol. The van der Waals surface area contributed by atoms with Crippen LogP contribution in [0.5, 0.6) is 5.75 Å². The van der Waals surface area contributed by atoms with Gasteiger partial charge in [0.05, 0.1) is 16.7 Å². The van der Waals surface area contributed by atoms with Crippen molar-refractivity contribution in [3.05, 3.63) is 28.3 Å². The summed E-state index contributed by atoms with van der Waals surface area (Å²) in [6.07, 6.45) is 1.21. The summed E-state index contributed by atoms with van der Waals surface area (Å²) in [6.45, 7) is 0. The molecular weight excluding hydrogens is 272 g/mol. The molecule has 18 heavy (non-hydrogen) atoms. The van der Waals surface area contributed by atoms with Gasteiger partial charge in [0.25, 0.3) is 0 Å². The zero-order valence-corrected chi connectivity index (χ0v) is 11.4. The summed E-state index contributed by atoms with van der Waals surface area (Å²) < 4.78 is 0. The molecule has 1 aliphatic heterocycles. The minimum atomic E-state index is -0.552. The predicted octanol–water partition coefficient (Wildman–Crippen LogP) is 2.89. The van der Waals surface area contributed by atoms with Crippen molar-refractivity contribution in [3.63, 3.8) is 0 Å². The van der Waals surface area contributed by atoms with Crippen molar-refractivity contribution in [1.29, 1.82) is 0 Å². The first kappa shape index (κ1) is 13.4. The van der Waals surface area contributed by atoms with Gasteiger partial charge >= 0.3 is 5.69 Å². The first-order valence-electron chi connectivity index (χ1n) is 5.56. The summed E-state index contributed by atoms with van der Waals surface area (Å²) in [4.78, 5) is 12.3. The third-order valence-corrected chi connectivity index (χ3v) is 4.74. The van der Waals surface area contributed by atoms with E-state index in [0.29, 0.717) is 0 Å². The Morgan fingerprint density at radius 3 is 2.56 bits per heavy atom. The Bertz CT molecular complexity index is 434. The van der Waals surface area contributed by atoms with Crippen molar-refractivity contribution in [2.45, 2.75) is 6.42 Å². The summed E-state index contributed by atoms with van der Waals surface area (Å²) in [5, 5.41) is 20.2. The van der Waals surface area contributed by atoms with Gasteiger partial charge < -0.3 is 10.0 Å². The van der Waals surface area contributed by atoms with Crippen LogP contribution in [0.25, 0.3) is 0 Å². The van der Waals surface area contributed by atoms with Gasteiger partial charge in [0, 0.05) is 11.8 Å². The average molecular weight is 286 g/mol. The standard InChI is InChI=1S/C11H14N2O3S2/c14-11-3-2-9(6-10(11)13(15)16)12-7-17-4-1-5-18-8-12/h2-3,6,14H,1,4-5,7-8H2. The SMILES string of the molecule is O=[N+]([O-])c1cc(N2CSCCCSC2)ccc1O. The Hall–Kier alpha value is -1.08. The third kappa shape index (κ3) is 3.23. The van der Waals surface area contributed by atoms with Crippen molar-refractivity contribution in [2.24, 2.45) is 0 Å². The van der Waals surface area contributed by atoms with Crippen LogP contribution in [0, 0.1) is 10.1 Å². The van der Waals surface area contributed by atoms with Crippen LogP contribution in [0.3, 0.4) is 0 Å². The number of nitro groups is 1. The lowest BCUT2D eigenvalue weighted by atomic mass is 10.2. The molecule has 1 aromatic carbocycles. The van der Waals surface area contributed by atoms with Crippen LogP contribution in [-0.4, -0.2) is 33.3 Å². The van der Waals surface area contributed by atoms with E-state index in [1.807, 2.05) is 23.5 Å². The maximum atomic E-state index is 10.8. The maximum Gasteiger partial charge on any atom is 0.312 e. The number of hydrogen-bond donors (Lipinski definition) is 1. The van der Waals surface area contributed by atoms with Gasteiger partial charge in [-0.25, -0.2) is 0 Å². The number of anilines is 1. The van der Waals surface area contributed by atoms with Gasteiger partial charge in [0.1, 0.15) is 0 Å². The fourth-order valence-electron chi connectivity index (χ4n) is 1.65. The number of phenols is 1. The van der Waals surface area contributed by atoms with Crippen LogP contribution < -0.4 is 4.90 Å². The van der Waals surface area contributed by atoms with E-state index in [0.717, 1.165) is 28.9 Å². The van der Waals surface area contributed by atoms with Gasteiger partial charge in [0.15, 0.2) is 5.75 Å². The predicted molar refractivity (Wildman–Crippen MR) is 76.5 cm³/mol. The van der Waals surface area contributed by atoms with Crippen LogP contribution in [0.2, 0.25) is 0 Å². The highest BCUT2D eigenvalue weighted by Gasteiger charge is 2.17. The van der Waals surface area contributed by atoms with E-state index in [2.05, 4.69) is 4.90 Å². The lowest BCUT2D eigenvalue weighted by molar-refractivity contribution is -0.385. The van der Waals surface area contributed by atoms with Crippen LogP contribution in [0.1, 0.15) is 6.42 Å². The second-order valence-electron chi connectivity index (χ2n) is 3.90. The van der Waals surface area contributed by atoms with Gasteiger partial charge in [-0.1, -0.05) is 0 Å². The molecule has 0 bridgehead atoms. The van der Waals surface area contributed by atoms with Gasteiger partial charge in [-0.3, -0.25) is 10.1 Å². The second-order valence-corrected chi connectivity index (χ2v) is 6.05. The molecular formula is C11H14N2O3S2. The highest BCUT2D eigenvalue weighted by molar-refractivity contribution is 8.00. The van der Waals surface area contributed by atoms with E-state index >= 15 is 0 Å². The molecule has 5 nitrogen and oxygen atoms in total. The van der Waals surface area contributed by atoms with E-state index in [4.69, 9.17) is 0 Å². The molecule has 1 aliphatic rings. The third-order valence-electron chi connectivity index (χ3n) is 2.59. The number of thioether (sulfide) groups is 2. The highest BCUT2D eigenvalue weighted by atomic mass is 32.2. The summed E-state index contributed by atoms with van der Waals surface area (Å²) >= 11 is 3.66. The Balaban J connectivity index is 2.20. The molecule has 2 rings (SSSR count). The largest absolute Gasteiger partial charge is 0.502 e. The minimum absolute atomic E-state index is 0.232. The molecule has 0 spiro atoms. The number of nitro benzene ring substituents is 1. The number of nitrogens with zero attached hydrogens (tertiary/aromatic N) is 2. The minimum Gasteiger partial charge on any atom is -0.502 e. The van der Waals surface area contributed by atoms with Gasteiger partial charge in [0.2, 0.25) is 0 Å². The summed E-state index contributed by atoms with van der Waals surface area (Å²) in [6, 6.07) is 4.56. The summed E-state index contributed by atoms with van der Waals surface area (Å²) in [5.74, 6) is 3.60. The quantitative estimate of drug-likeness (QED) is 0.666. The number of aromatic hydroxyl groups is 1. The number of benzene rings is 1. The van der Waals surface area contributed by atoms with Crippen LogP contribution >= 0.6 is 23.5 Å². The Morgan fingerprint density at radius 1 is 1.28 bits per heavy atom. The molecule has 0 radical (unpaired) electrons. The summed E-state index contributed by atoms with van der Waals surface area (Å²) in [5.41, 5.74) is 0.561. The topological polar surface area (TPSA) is 66.6 Å². The number of phenolic OH excluding ortho intramolecular Hbond substituents is 1. The molecule has 0 aromatic heterocycles.